The van der Waals surface area contributed by atoms with Gasteiger partial charge in [-0.05, 0) is 53.8 Å². The minimum absolute atomic E-state index is 0.223. The molecule has 0 radical (unpaired) electrons. The Labute approximate surface area is 281 Å². The van der Waals surface area contributed by atoms with Crippen LogP contribution in [0.3, 0.4) is 0 Å². The Morgan fingerprint density at radius 1 is 0.854 bits per heavy atom. The van der Waals surface area contributed by atoms with Crippen LogP contribution in [0.25, 0.3) is 22.5 Å². The average Bonchev–Trinajstić information content (AvgIpc) is 3.07. The lowest BCUT2D eigenvalue weighted by Gasteiger charge is -2.18. The molecule has 0 saturated heterocycles. The standard InChI is InChI=1S/C36H41N5O6S/c1-3-4-5-6-7-19-47-31-17-15-26(16-18-31)30-22-38-35(39-23-30)27-13-11-25(12-14-27)20-32(28-9-8-10-29(21-28)34(37)43)36(44)40-24-33(42)41-48(2,45)46/h8-18,21-23,32H,3-7,19-20,24H2,1-2H3,(H2,37,43)(H,40,44)(H,41,42). The second kappa shape index (κ2) is 17.2. The van der Waals surface area contributed by atoms with E-state index in [2.05, 4.69) is 22.2 Å². The highest BCUT2D eigenvalue weighted by Crippen LogP contribution is 2.26. The van der Waals surface area contributed by atoms with Crippen molar-refractivity contribution in [2.45, 2.75) is 51.4 Å². The van der Waals surface area contributed by atoms with Crippen LogP contribution >= 0.6 is 0 Å². The number of ether oxygens (including phenoxy) is 1. The van der Waals surface area contributed by atoms with Crippen molar-refractivity contribution in [2.75, 3.05) is 19.4 Å². The molecule has 4 aromatic rings. The number of amides is 3. The number of carbonyl (C=O) groups excluding carboxylic acids is 3. The third-order valence-electron chi connectivity index (χ3n) is 7.62. The summed E-state index contributed by atoms with van der Waals surface area (Å²) in [6.45, 7) is 2.37. The first-order chi connectivity index (χ1) is 23.0. The maximum Gasteiger partial charge on any atom is 0.252 e. The van der Waals surface area contributed by atoms with Crippen LogP contribution in [0.5, 0.6) is 5.75 Å². The van der Waals surface area contributed by atoms with Gasteiger partial charge in [0.1, 0.15) is 5.75 Å². The van der Waals surface area contributed by atoms with E-state index in [1.165, 1.54) is 31.7 Å². The van der Waals surface area contributed by atoms with E-state index in [1.54, 1.807) is 30.6 Å². The molecule has 3 aromatic carbocycles. The van der Waals surface area contributed by atoms with E-state index in [9.17, 15) is 22.8 Å². The van der Waals surface area contributed by atoms with Crippen LogP contribution in [-0.2, 0) is 26.0 Å². The van der Waals surface area contributed by atoms with E-state index >= 15 is 0 Å². The lowest BCUT2D eigenvalue weighted by molar-refractivity contribution is -0.126. The monoisotopic (exact) mass is 671 g/mol. The molecule has 1 unspecified atom stereocenters. The molecule has 0 fully saturated rings. The number of sulfonamides is 1. The first-order valence-corrected chi connectivity index (χ1v) is 17.7. The Bertz CT molecular complexity index is 1790. The summed E-state index contributed by atoms with van der Waals surface area (Å²) < 4.78 is 30.4. The normalized spacial score (nSPS) is 11.8. The van der Waals surface area contributed by atoms with Gasteiger partial charge >= 0.3 is 0 Å². The summed E-state index contributed by atoms with van der Waals surface area (Å²) in [5.74, 6) is -1.48. The minimum Gasteiger partial charge on any atom is -0.494 e. The average molecular weight is 672 g/mol. The predicted molar refractivity (Wildman–Crippen MR) is 185 cm³/mol. The number of benzene rings is 3. The second-order valence-corrected chi connectivity index (χ2v) is 13.3. The zero-order valence-corrected chi connectivity index (χ0v) is 28.0. The van der Waals surface area contributed by atoms with Crippen molar-refractivity contribution in [3.8, 4) is 28.3 Å². The van der Waals surface area contributed by atoms with Gasteiger partial charge in [0.15, 0.2) is 5.82 Å². The molecule has 1 atom stereocenters. The van der Waals surface area contributed by atoms with Crippen molar-refractivity contribution in [2.24, 2.45) is 5.73 Å². The maximum atomic E-state index is 13.3. The third kappa shape index (κ3) is 11.0. The Morgan fingerprint density at radius 3 is 2.17 bits per heavy atom. The minimum atomic E-state index is -3.78. The Balaban J connectivity index is 1.42. The van der Waals surface area contributed by atoms with E-state index in [1.807, 2.05) is 53.3 Å². The maximum absolute atomic E-state index is 13.3. The van der Waals surface area contributed by atoms with Gasteiger partial charge in [0.2, 0.25) is 21.8 Å². The summed E-state index contributed by atoms with van der Waals surface area (Å²) in [4.78, 5) is 46.2. The number of carbonyl (C=O) groups is 3. The quantitative estimate of drug-likeness (QED) is 0.135. The van der Waals surface area contributed by atoms with Crippen molar-refractivity contribution in [3.63, 3.8) is 0 Å². The van der Waals surface area contributed by atoms with Crippen LogP contribution in [0.15, 0.2) is 85.2 Å². The predicted octanol–water partition coefficient (Wildman–Crippen LogP) is 4.78. The SMILES string of the molecule is CCCCCCCOc1ccc(-c2cnc(-c3ccc(CC(C(=O)NCC(=O)NS(C)(=O)=O)c4cccc(C(N)=O)c4)cc3)nc2)cc1. The van der Waals surface area contributed by atoms with Crippen LogP contribution in [0, 0.1) is 0 Å². The summed E-state index contributed by atoms with van der Waals surface area (Å²) in [7, 11) is -3.78. The molecule has 48 heavy (non-hydrogen) atoms. The highest BCUT2D eigenvalue weighted by atomic mass is 32.2. The van der Waals surface area contributed by atoms with Crippen molar-refractivity contribution in [1.29, 1.82) is 0 Å². The van der Waals surface area contributed by atoms with Crippen molar-refractivity contribution < 1.29 is 27.5 Å². The first-order valence-electron chi connectivity index (χ1n) is 15.8. The fourth-order valence-electron chi connectivity index (χ4n) is 5.10. The molecule has 1 aromatic heterocycles. The van der Waals surface area contributed by atoms with E-state index < -0.39 is 40.2 Å². The van der Waals surface area contributed by atoms with Gasteiger partial charge in [0.25, 0.3) is 5.91 Å². The first kappa shape index (κ1) is 35.7. The number of rotatable bonds is 17. The highest BCUT2D eigenvalue weighted by Gasteiger charge is 2.23. The van der Waals surface area contributed by atoms with Gasteiger partial charge in [0.05, 0.1) is 25.3 Å². The third-order valence-corrected chi connectivity index (χ3v) is 8.22. The summed E-state index contributed by atoms with van der Waals surface area (Å²) in [6, 6.07) is 21.7. The number of primary amides is 1. The molecule has 11 nitrogen and oxygen atoms in total. The van der Waals surface area contributed by atoms with Crippen molar-refractivity contribution in [1.82, 2.24) is 20.0 Å². The molecule has 1 heterocycles. The Morgan fingerprint density at radius 2 is 1.52 bits per heavy atom. The number of nitrogens with one attached hydrogen (secondary N) is 2. The molecule has 0 aliphatic carbocycles. The molecule has 0 saturated carbocycles. The van der Waals surface area contributed by atoms with Crippen LogP contribution in [0.1, 0.15) is 66.4 Å². The largest absolute Gasteiger partial charge is 0.494 e. The van der Waals surface area contributed by atoms with Gasteiger partial charge in [-0.1, -0.05) is 81.1 Å². The molecule has 12 heteroatoms. The molecule has 252 valence electrons. The Hall–Kier alpha value is -5.10. The molecule has 0 spiro atoms. The van der Waals surface area contributed by atoms with E-state index in [4.69, 9.17) is 10.5 Å². The Kier molecular flexibility index (Phi) is 12.8. The number of hydrogen-bond acceptors (Lipinski definition) is 8. The smallest absolute Gasteiger partial charge is 0.252 e. The van der Waals surface area contributed by atoms with Gasteiger partial charge in [-0.3, -0.25) is 19.1 Å². The zero-order chi connectivity index (χ0) is 34.5. The zero-order valence-electron chi connectivity index (χ0n) is 27.1. The number of nitrogens with zero attached hydrogens (tertiary/aromatic N) is 2. The molecular formula is C36H41N5O6S. The van der Waals surface area contributed by atoms with E-state index in [0.29, 0.717) is 18.0 Å². The van der Waals surface area contributed by atoms with Crippen molar-refractivity contribution >= 4 is 27.7 Å². The molecule has 3 amide bonds. The number of nitrogens with two attached hydrogens (primary N) is 1. The van der Waals surface area contributed by atoms with Gasteiger partial charge in [-0.15, -0.1) is 0 Å². The lowest BCUT2D eigenvalue weighted by Crippen LogP contribution is -2.41. The van der Waals surface area contributed by atoms with Gasteiger partial charge in [-0.25, -0.2) is 18.4 Å². The van der Waals surface area contributed by atoms with Crippen molar-refractivity contribution in [3.05, 3.63) is 102 Å². The van der Waals surface area contributed by atoms with Crippen LogP contribution in [0.2, 0.25) is 0 Å². The van der Waals surface area contributed by atoms with Gasteiger partial charge < -0.3 is 15.8 Å². The number of aromatic nitrogens is 2. The van der Waals surface area contributed by atoms with Gasteiger partial charge in [-0.2, -0.15) is 0 Å². The second-order valence-electron chi connectivity index (χ2n) is 11.5. The number of unbranched alkanes of at least 4 members (excludes halogenated alkanes) is 4. The summed E-state index contributed by atoms with van der Waals surface area (Å²) >= 11 is 0. The molecule has 4 N–H and O–H groups in total. The fraction of sp³-hybridized carbons (Fsp3) is 0.306. The summed E-state index contributed by atoms with van der Waals surface area (Å²) in [6.07, 6.45) is 10.6. The van der Waals surface area contributed by atoms with E-state index in [0.717, 1.165) is 40.7 Å². The lowest BCUT2D eigenvalue weighted by atomic mass is 9.89. The highest BCUT2D eigenvalue weighted by molar-refractivity contribution is 7.89. The van der Waals surface area contributed by atoms with Crippen LogP contribution < -0.4 is 20.5 Å². The van der Waals surface area contributed by atoms with Crippen LogP contribution in [0.4, 0.5) is 0 Å². The topological polar surface area (TPSA) is 170 Å². The molecule has 0 aliphatic rings. The molecule has 0 aliphatic heterocycles. The molecular weight excluding hydrogens is 630 g/mol. The van der Waals surface area contributed by atoms with E-state index in [-0.39, 0.29) is 12.0 Å². The summed E-state index contributed by atoms with van der Waals surface area (Å²) in [5.41, 5.74) is 9.62. The van der Waals surface area contributed by atoms with Crippen LogP contribution in [-0.4, -0.2) is 55.5 Å². The molecule has 0 bridgehead atoms. The van der Waals surface area contributed by atoms with Gasteiger partial charge in [0, 0.05) is 29.1 Å². The fourth-order valence-corrected chi connectivity index (χ4v) is 5.58. The number of hydrogen-bond donors (Lipinski definition) is 3. The molecule has 4 rings (SSSR count). The summed E-state index contributed by atoms with van der Waals surface area (Å²) in [5, 5.41) is 2.49.